The molecule has 4 aliphatic rings. The number of pyridine rings is 1. The molecule has 0 saturated carbocycles. The van der Waals surface area contributed by atoms with Crippen LogP contribution in [0, 0.1) is 10.1 Å². The van der Waals surface area contributed by atoms with Gasteiger partial charge in [-0.05, 0) is 67.5 Å². The van der Waals surface area contributed by atoms with Gasteiger partial charge in [-0.25, -0.2) is 14.7 Å². The molecule has 4 aliphatic heterocycles. The summed E-state index contributed by atoms with van der Waals surface area (Å²) >= 11 is 0. The molecule has 0 unspecified atom stereocenters. The summed E-state index contributed by atoms with van der Waals surface area (Å²) in [7, 11) is 5.81. The van der Waals surface area contributed by atoms with Gasteiger partial charge in [0, 0.05) is 42.8 Å². The van der Waals surface area contributed by atoms with Crippen molar-refractivity contribution in [2.75, 3.05) is 52.0 Å². The van der Waals surface area contributed by atoms with E-state index in [1.807, 2.05) is 6.92 Å². The molecule has 19 heteroatoms. The molecule has 0 aliphatic carbocycles. The predicted octanol–water partition coefficient (Wildman–Crippen LogP) is 7.39. The Kier molecular flexibility index (Phi) is 13.9. The van der Waals surface area contributed by atoms with Crippen LogP contribution in [-0.2, 0) is 4.74 Å². The number of anilines is 1. The van der Waals surface area contributed by atoms with Gasteiger partial charge in [0.1, 0.15) is 11.2 Å². The summed E-state index contributed by atoms with van der Waals surface area (Å²) in [6, 6.07) is 8.56. The lowest BCUT2D eigenvalue weighted by atomic mass is 10.1. The van der Waals surface area contributed by atoms with Crippen molar-refractivity contribution in [2.45, 2.75) is 74.0 Å². The Balaban J connectivity index is 0.961. The number of rotatable bonds is 17. The van der Waals surface area contributed by atoms with Crippen molar-refractivity contribution < 1.29 is 48.1 Å². The first-order valence-electron chi connectivity index (χ1n) is 20.1. The number of nitro groups is 1. The third-order valence-electron chi connectivity index (χ3n) is 10.9. The fourth-order valence-corrected chi connectivity index (χ4v) is 9.67. The number of hydrogen-bond acceptors (Lipinski definition) is 15. The van der Waals surface area contributed by atoms with Gasteiger partial charge in [-0.2, -0.15) is 0 Å². The van der Waals surface area contributed by atoms with Crippen molar-refractivity contribution in [2.24, 2.45) is 4.99 Å². The molecule has 2 saturated heterocycles. The van der Waals surface area contributed by atoms with Crippen molar-refractivity contribution >= 4 is 62.8 Å². The number of benzene rings is 2. The number of aliphatic hydroxyl groups is 1. The van der Waals surface area contributed by atoms with Gasteiger partial charge in [0.25, 0.3) is 17.5 Å². The summed E-state index contributed by atoms with van der Waals surface area (Å²) < 4.78 is 29.2. The third-order valence-corrected chi connectivity index (χ3v) is 13.7. The van der Waals surface area contributed by atoms with E-state index in [-0.39, 0.29) is 71.3 Å². The molecular weight excluding hydrogens is 841 g/mol. The summed E-state index contributed by atoms with van der Waals surface area (Å²) in [5.41, 5.74) is 2.90. The predicted molar refractivity (Wildman–Crippen MR) is 234 cm³/mol. The molecule has 3 amide bonds. The largest absolute Gasteiger partial charge is 0.493 e. The first-order chi connectivity index (χ1) is 29.9. The van der Waals surface area contributed by atoms with Crippen LogP contribution in [0.3, 0.4) is 0 Å². The fourth-order valence-electron chi connectivity index (χ4n) is 7.63. The van der Waals surface area contributed by atoms with Crippen molar-refractivity contribution in [1.82, 2.24) is 14.8 Å². The monoisotopic (exact) mass is 888 g/mol. The van der Waals surface area contributed by atoms with E-state index in [0.29, 0.717) is 73.0 Å². The van der Waals surface area contributed by atoms with Gasteiger partial charge < -0.3 is 38.6 Å². The lowest BCUT2D eigenvalue weighted by molar-refractivity contribution is -0.385. The van der Waals surface area contributed by atoms with Crippen LogP contribution >= 0.6 is 21.6 Å². The van der Waals surface area contributed by atoms with Crippen LogP contribution < -0.4 is 23.8 Å². The topological polar surface area (TPSA) is 196 Å². The van der Waals surface area contributed by atoms with Crippen LogP contribution in [0.25, 0.3) is 0 Å². The molecule has 0 bridgehead atoms. The maximum absolute atomic E-state index is 14.0. The quantitative estimate of drug-likeness (QED) is 0.0463. The van der Waals surface area contributed by atoms with E-state index in [0.717, 1.165) is 22.5 Å². The third kappa shape index (κ3) is 9.64. The SMILES string of the molecule is C=C1C[C@H]2C=Nc3cc(OCCCCCOc4cc5c(cc4OC)C(=O)N4CC(=C)C[C@H]4[C@H](O)N5C(=O)OCC[C@@H](C)SSc4ccc([N+](=O)[O-])cn4)c(OC)cc3C(=O)N2C1. The second-order valence-corrected chi connectivity index (χ2v) is 17.9. The van der Waals surface area contributed by atoms with Crippen LogP contribution in [0.1, 0.15) is 66.2 Å². The number of aromatic nitrogens is 1. The number of amides is 3. The van der Waals surface area contributed by atoms with Crippen LogP contribution in [0.2, 0.25) is 0 Å². The molecule has 1 aromatic heterocycles. The number of unbranched alkanes of at least 4 members (excludes halogenated alkanes) is 2. The van der Waals surface area contributed by atoms with Crippen molar-refractivity contribution in [1.29, 1.82) is 0 Å². The summed E-state index contributed by atoms with van der Waals surface area (Å²) in [4.78, 5) is 64.7. The molecule has 328 valence electrons. The highest BCUT2D eigenvalue weighted by Crippen LogP contribution is 2.43. The normalized spacial score (nSPS) is 19.5. The molecule has 2 fully saturated rings. The van der Waals surface area contributed by atoms with Crippen LogP contribution in [0.5, 0.6) is 23.0 Å². The molecular formula is C43H48N6O11S2. The second kappa shape index (κ2) is 19.5. The molecule has 0 spiro atoms. The minimum absolute atomic E-state index is 0.00464. The van der Waals surface area contributed by atoms with E-state index in [9.17, 15) is 29.6 Å². The highest BCUT2D eigenvalue weighted by atomic mass is 33.1. The minimum atomic E-state index is -1.44. The van der Waals surface area contributed by atoms with E-state index in [2.05, 4.69) is 23.1 Å². The molecule has 7 rings (SSSR count). The van der Waals surface area contributed by atoms with Crippen molar-refractivity contribution in [3.63, 3.8) is 0 Å². The zero-order valence-corrected chi connectivity index (χ0v) is 36.3. The van der Waals surface area contributed by atoms with Crippen LogP contribution in [0.15, 0.2) is 76.9 Å². The lowest BCUT2D eigenvalue weighted by Crippen LogP contribution is -2.51. The maximum atomic E-state index is 14.0. The number of methoxy groups -OCH3 is 2. The number of nitrogens with zero attached hydrogens (tertiary/aromatic N) is 6. The number of ether oxygens (including phenoxy) is 5. The Morgan fingerprint density at radius 2 is 1.58 bits per heavy atom. The van der Waals surface area contributed by atoms with Crippen molar-refractivity contribution in [3.8, 4) is 23.0 Å². The molecule has 1 N–H and O–H groups in total. The molecule has 5 heterocycles. The summed E-state index contributed by atoms with van der Waals surface area (Å²) in [5.74, 6) is 0.990. The lowest BCUT2D eigenvalue weighted by Gasteiger charge is -2.31. The van der Waals surface area contributed by atoms with Gasteiger partial charge >= 0.3 is 6.09 Å². The van der Waals surface area contributed by atoms with Gasteiger partial charge in [-0.1, -0.05) is 42.0 Å². The summed E-state index contributed by atoms with van der Waals surface area (Å²) in [6.45, 7) is 11.4. The van der Waals surface area contributed by atoms with E-state index in [1.165, 1.54) is 65.1 Å². The molecule has 62 heavy (non-hydrogen) atoms. The Labute approximate surface area is 366 Å². The maximum Gasteiger partial charge on any atom is 0.416 e. The molecule has 0 radical (unpaired) electrons. The van der Waals surface area contributed by atoms with Crippen LogP contribution in [0.4, 0.5) is 21.9 Å². The highest BCUT2D eigenvalue weighted by Gasteiger charge is 2.46. The van der Waals surface area contributed by atoms with Gasteiger partial charge in [0.2, 0.25) is 0 Å². The number of aliphatic imine (C=N–C) groups is 1. The first-order valence-corrected chi connectivity index (χ1v) is 22.3. The smallest absolute Gasteiger partial charge is 0.416 e. The average Bonchev–Trinajstić information content (AvgIpc) is 3.80. The Bertz CT molecular complexity index is 2270. The zero-order chi connectivity index (χ0) is 44.1. The zero-order valence-electron chi connectivity index (χ0n) is 34.7. The van der Waals surface area contributed by atoms with Gasteiger partial charge in [-0.3, -0.25) is 24.7 Å². The summed E-state index contributed by atoms with van der Waals surface area (Å²) in [5, 5.41) is 23.2. The number of carbonyl (C=O) groups is 3. The van der Waals surface area contributed by atoms with Gasteiger partial charge in [0.05, 0.1) is 73.5 Å². The van der Waals surface area contributed by atoms with Crippen molar-refractivity contribution in [3.05, 3.63) is 88.1 Å². The second-order valence-electron chi connectivity index (χ2n) is 15.3. The van der Waals surface area contributed by atoms with Crippen LogP contribution in [-0.4, -0.2) is 120 Å². The molecule has 3 aromatic rings. The fraction of sp³-hybridized carbons (Fsp3) is 0.419. The first kappa shape index (κ1) is 44.3. The van der Waals surface area contributed by atoms with Gasteiger partial charge in [0.15, 0.2) is 29.2 Å². The Morgan fingerprint density at radius 3 is 2.26 bits per heavy atom. The molecule has 2 aromatic carbocycles. The average molecular weight is 889 g/mol. The number of aliphatic hydroxyl groups excluding tert-OH is 1. The molecule has 4 atom stereocenters. The Hall–Kier alpha value is -5.79. The molecule has 17 nitrogen and oxygen atoms in total. The summed E-state index contributed by atoms with van der Waals surface area (Å²) in [6.07, 6.45) is 4.20. The van der Waals surface area contributed by atoms with E-state index < -0.39 is 23.3 Å². The number of fused-ring (bicyclic) bond motifs is 4. The Morgan fingerprint density at radius 1 is 0.919 bits per heavy atom. The number of carbonyl (C=O) groups excluding carboxylic acids is 3. The highest BCUT2D eigenvalue weighted by molar-refractivity contribution is 8.76. The van der Waals surface area contributed by atoms with E-state index >= 15 is 0 Å². The van der Waals surface area contributed by atoms with Gasteiger partial charge in [-0.15, -0.1) is 0 Å². The minimum Gasteiger partial charge on any atom is -0.493 e. The number of hydrogen-bond donors (Lipinski definition) is 1. The van der Waals surface area contributed by atoms with E-state index in [4.69, 9.17) is 23.7 Å². The standard InChI is InChI=1S/C43H48N6O11S2/c1-25-15-29-22-44-32-19-37(35(56-4)17-30(32)40(50)46(29)23-25)58-12-7-6-8-13-59-38-20-33-31(18-36(38)57-5)41(51)47-24-26(2)16-34(47)42(52)48(33)43(53)60-14-11-27(3)61-62-39-10-9-28(21-45-39)49(54)55/h9-10,17-22,27,29,34,42,52H,1-2,6-8,11-16,23-24H2,3-5H3/t27-,29+,34+,42+/m1/s1. The van der Waals surface area contributed by atoms with E-state index in [1.54, 1.807) is 29.3 Å².